The first kappa shape index (κ1) is 78.0. The summed E-state index contributed by atoms with van der Waals surface area (Å²) in [5.74, 6) is 1.15. The Morgan fingerprint density at radius 3 is 1.70 bits per heavy atom. The van der Waals surface area contributed by atoms with Crippen molar-refractivity contribution < 1.29 is 63.2 Å². The first-order chi connectivity index (χ1) is 50.0. The van der Waals surface area contributed by atoms with Gasteiger partial charge in [0.1, 0.15) is 70.5 Å². The maximum Gasteiger partial charge on any atom is 0.422 e. The van der Waals surface area contributed by atoms with E-state index in [1.54, 1.807) is 57.0 Å². The molecule has 6 heterocycles. The molecule has 540 valence electrons. The summed E-state index contributed by atoms with van der Waals surface area (Å²) >= 11 is 0. The minimum absolute atomic E-state index is 0.0949. The third-order valence-electron chi connectivity index (χ3n) is 18.8. The predicted molar refractivity (Wildman–Crippen MR) is 408 cm³/mol. The molecule has 10 nitrogen and oxygen atoms in total. The van der Waals surface area contributed by atoms with Crippen LogP contribution in [-0.4, -0.2) is 46.6 Å². The summed E-state index contributed by atoms with van der Waals surface area (Å²) in [7, 11) is 13.2. The lowest BCUT2D eigenvalue weighted by Crippen LogP contribution is -2.33. The maximum atomic E-state index is 13.9. The number of nitrogens with zero attached hydrogens (tertiary/aromatic N) is 8. The fourth-order valence-corrected chi connectivity index (χ4v) is 12.7. The van der Waals surface area contributed by atoms with E-state index in [0.717, 1.165) is 49.6 Å². The van der Waals surface area contributed by atoms with E-state index in [0.29, 0.717) is 39.4 Å². The van der Waals surface area contributed by atoms with Crippen molar-refractivity contribution in [2.24, 2.45) is 35.2 Å². The minimum Gasteiger partial charge on any atom is -0.496 e. The number of hydrogen-bond donors (Lipinski definition) is 0. The van der Waals surface area contributed by atoms with Crippen molar-refractivity contribution in [3.63, 3.8) is 0 Å². The Morgan fingerprint density at radius 2 is 1.09 bits per heavy atom. The van der Waals surface area contributed by atoms with Crippen LogP contribution in [0.15, 0.2) is 237 Å². The monoisotopic (exact) mass is 1420 g/mol. The molecule has 0 aliphatic carbocycles. The van der Waals surface area contributed by atoms with E-state index in [9.17, 15) is 26.3 Å². The number of aromatic nitrogens is 7. The Labute approximate surface area is 614 Å². The lowest BCUT2D eigenvalue weighted by atomic mass is 9.97. The Hall–Kier alpha value is -11.1. The van der Waals surface area contributed by atoms with Gasteiger partial charge in [0.2, 0.25) is 29.1 Å². The van der Waals surface area contributed by atoms with Crippen LogP contribution in [-0.2, 0) is 52.7 Å². The van der Waals surface area contributed by atoms with Crippen LogP contribution in [0.25, 0.3) is 78.0 Å². The van der Waals surface area contributed by atoms with Crippen LogP contribution in [0, 0.1) is 65.9 Å². The zero-order chi connectivity index (χ0) is 76.0. The van der Waals surface area contributed by atoms with Crippen LogP contribution in [0.1, 0.15) is 77.3 Å². The summed E-state index contributed by atoms with van der Waals surface area (Å²) < 4.78 is 103. The number of benzene rings is 8. The van der Waals surface area contributed by atoms with Crippen molar-refractivity contribution >= 4 is 27.4 Å². The second-order valence-electron chi connectivity index (χ2n) is 27.3. The van der Waals surface area contributed by atoms with Gasteiger partial charge in [-0.2, -0.15) is 17.7 Å². The average molecular weight is 1420 g/mol. The van der Waals surface area contributed by atoms with E-state index >= 15 is 0 Å². The molecule has 0 atom stereocenters. The van der Waals surface area contributed by atoms with Gasteiger partial charge in [0.25, 0.3) is 0 Å². The lowest BCUT2D eigenvalue weighted by molar-refractivity contribution is -0.661. The largest absolute Gasteiger partial charge is 0.496 e. The maximum absolute atomic E-state index is 13.9. The highest BCUT2D eigenvalue weighted by Crippen LogP contribution is 2.34. The molecule has 0 N–H and O–H groups in total. The molecule has 16 heteroatoms. The van der Waals surface area contributed by atoms with Crippen LogP contribution in [0.3, 0.4) is 0 Å². The Balaban J connectivity index is 0.000000146. The molecule has 1 aliphatic heterocycles. The first-order valence-electron chi connectivity index (χ1n) is 35.0. The van der Waals surface area contributed by atoms with Crippen molar-refractivity contribution in [3.05, 3.63) is 305 Å². The van der Waals surface area contributed by atoms with Gasteiger partial charge in [-0.15, -0.1) is 4.68 Å². The van der Waals surface area contributed by atoms with Gasteiger partial charge >= 0.3 is 17.9 Å². The van der Waals surface area contributed by atoms with Crippen LogP contribution in [0.5, 0.6) is 5.75 Å². The van der Waals surface area contributed by atoms with Crippen molar-refractivity contribution in [3.8, 4) is 62.2 Å². The molecular formula is C89H96F6N8O2+6. The third-order valence-corrected chi connectivity index (χ3v) is 18.8. The zero-order valence-electron chi connectivity index (χ0n) is 63.3. The third kappa shape index (κ3) is 19.0. The second kappa shape index (κ2) is 34.4. The molecule has 0 bridgehead atoms. The van der Waals surface area contributed by atoms with E-state index in [-0.39, 0.29) is 11.4 Å². The minimum atomic E-state index is -4.37. The highest BCUT2D eigenvalue weighted by molar-refractivity contribution is 5.97. The summed E-state index contributed by atoms with van der Waals surface area (Å²) in [4.78, 5) is 0. The average Bonchev–Trinajstić information content (AvgIpc) is 1.62. The number of pyridine rings is 4. The number of methoxy groups -OCH3 is 1. The highest BCUT2D eigenvalue weighted by Gasteiger charge is 2.41. The standard InChI is InChI=1S/C18H18N.C17H16N.C14H12F4N.C14H14F2NO.C13H18N3.C13H18NO/c1-13-8-9-14(2)17(12-13)18-16-7-5-4-6-15(16)10-11-19(18)3;1-13-10-11-14-7-3-4-8-15(14)17(13)16-9-5-6-12-18(16)2;1-9-7-11(15)4-5-12(9)13-6-3-10(8-19(13)2)14(16,17)18;1-9-6-10(15)7-12(16)14(9)13-8-11(18-3)4-5-17(13)2;1-4-9-16-10-15(3)13(14-16)12-8-6-5-7-11(12)2;1-10-7-5-6-8-11(10)12-14(4)13(2,3)9-15-12/h4-12H,1-3H3;3-12H,1-2H3;3-8H,1-2H3;4-8H,1-3H3;5-8,10H,4,9H2,1-3H3;5-8H,9H2,1-4H3/q6*+1. The molecule has 0 amide bonds. The molecule has 0 saturated carbocycles. The number of likely N-dealkylation sites (N-methyl/N-ethyl adjacent to an activating group) is 1. The van der Waals surface area contributed by atoms with Gasteiger partial charge in [-0.3, -0.25) is 0 Å². The van der Waals surface area contributed by atoms with Crippen LogP contribution >= 0.6 is 0 Å². The molecule has 14 rings (SSSR count). The predicted octanol–water partition coefficient (Wildman–Crippen LogP) is 18.3. The van der Waals surface area contributed by atoms with Gasteiger partial charge < -0.3 is 9.47 Å². The van der Waals surface area contributed by atoms with Gasteiger partial charge in [0.05, 0.1) is 47.9 Å². The summed E-state index contributed by atoms with van der Waals surface area (Å²) in [6.45, 7) is 22.4. The van der Waals surface area contributed by atoms with Crippen LogP contribution in [0.4, 0.5) is 26.3 Å². The van der Waals surface area contributed by atoms with Crippen LogP contribution < -0.4 is 27.6 Å². The van der Waals surface area contributed by atoms with E-state index in [4.69, 9.17) is 9.47 Å². The van der Waals surface area contributed by atoms with E-state index < -0.39 is 23.4 Å². The Morgan fingerprint density at radius 1 is 0.486 bits per heavy atom. The molecule has 0 unspecified atom stereocenters. The number of halogens is 6. The van der Waals surface area contributed by atoms with Crippen molar-refractivity contribution in [2.75, 3.05) is 20.8 Å². The fraction of sp³-hybridized carbons (Fsp3) is 0.247. The molecule has 0 spiro atoms. The number of rotatable bonds is 9. The quantitative estimate of drug-likeness (QED) is 0.107. The molecule has 0 saturated heterocycles. The molecule has 105 heavy (non-hydrogen) atoms. The summed E-state index contributed by atoms with van der Waals surface area (Å²) in [5, 5.41) is 9.82. The molecule has 1 aliphatic rings. The first-order valence-corrected chi connectivity index (χ1v) is 35.0. The fourth-order valence-electron chi connectivity index (χ4n) is 12.7. The van der Waals surface area contributed by atoms with Gasteiger partial charge in [0, 0.05) is 66.5 Å². The van der Waals surface area contributed by atoms with Crippen LogP contribution in [0.2, 0.25) is 0 Å². The van der Waals surface area contributed by atoms with Gasteiger partial charge in [-0.25, -0.2) is 36.0 Å². The summed E-state index contributed by atoms with van der Waals surface area (Å²) in [6.07, 6.45) is 5.82. The van der Waals surface area contributed by atoms with Crippen molar-refractivity contribution in [1.29, 1.82) is 0 Å². The molecule has 13 aromatic rings. The highest BCUT2D eigenvalue weighted by atomic mass is 19.4. The Kier molecular flexibility index (Phi) is 25.6. The topological polar surface area (TPSA) is 58.7 Å². The number of fused-ring (bicyclic) bond motifs is 2. The zero-order valence-corrected chi connectivity index (χ0v) is 63.3. The van der Waals surface area contributed by atoms with Crippen molar-refractivity contribution in [2.45, 2.75) is 93.9 Å². The molecular weight excluding hydrogens is 1330 g/mol. The summed E-state index contributed by atoms with van der Waals surface area (Å²) in [6, 6.07) is 65.7. The number of aryl methyl sites for hydroxylation is 13. The summed E-state index contributed by atoms with van der Waals surface area (Å²) in [5.41, 5.74) is 17.0. The normalized spacial score (nSPS) is 12.1. The lowest BCUT2D eigenvalue weighted by Gasteiger charge is -2.09. The van der Waals surface area contributed by atoms with Crippen molar-refractivity contribution in [1.82, 2.24) is 9.78 Å². The molecule has 0 radical (unpaired) electrons. The SMILES string of the molecule is CCCn1c[n+](C)c(-c2ccccc2C)n1.COc1cc[n+](C)c(-c2c(C)cc(F)cc2F)c1.Cc1cc(F)ccc1-c1ccc(C(F)(F)F)c[n+]1C.Cc1ccc(C)c(-c2c3ccccc3cc[n+]2C)c1.Cc1ccc2ccccc2c1-c1cccc[n+]1C.Cc1ccccc1C1=[N+](C)C(C)(C)CO1. The number of hydrogen-bond acceptors (Lipinski definition) is 3. The van der Waals surface area contributed by atoms with E-state index in [1.807, 2.05) is 18.1 Å². The Bertz CT molecular complexity index is 5250. The smallest absolute Gasteiger partial charge is 0.422 e. The molecule has 5 aromatic heterocycles. The number of alkyl halides is 3. The van der Waals surface area contributed by atoms with Gasteiger partial charge in [0.15, 0.2) is 36.9 Å². The molecule has 0 fully saturated rings. The van der Waals surface area contributed by atoms with Gasteiger partial charge in [-0.1, -0.05) is 116 Å². The number of ether oxygens (including phenoxy) is 2. The second-order valence-corrected chi connectivity index (χ2v) is 27.3. The van der Waals surface area contributed by atoms with E-state index in [2.05, 4.69) is 264 Å². The van der Waals surface area contributed by atoms with Gasteiger partial charge in [-0.05, 0) is 165 Å². The van der Waals surface area contributed by atoms with E-state index in [1.165, 1.54) is 119 Å². The molecule has 8 aromatic carbocycles.